The number of hydrogen-bond acceptors (Lipinski definition) is 4. The molecular formula is C11H14FNO4. The number of amides is 1. The van der Waals surface area contributed by atoms with Gasteiger partial charge in [0.1, 0.15) is 11.6 Å². The minimum atomic E-state index is -0.848. The zero-order valence-electron chi connectivity index (χ0n) is 9.31. The van der Waals surface area contributed by atoms with Gasteiger partial charge in [0, 0.05) is 13.7 Å². The summed E-state index contributed by atoms with van der Waals surface area (Å²) in [4.78, 5) is 11.5. The highest BCUT2D eigenvalue weighted by molar-refractivity contribution is 5.96. The smallest absolute Gasteiger partial charge is 0.255 e. The molecule has 0 heterocycles. The van der Waals surface area contributed by atoms with Crippen LogP contribution in [0.25, 0.3) is 0 Å². The van der Waals surface area contributed by atoms with Crippen LogP contribution in [0.15, 0.2) is 18.2 Å². The van der Waals surface area contributed by atoms with Gasteiger partial charge < -0.3 is 20.3 Å². The van der Waals surface area contributed by atoms with E-state index in [-0.39, 0.29) is 24.5 Å². The number of aromatic hydroxyl groups is 1. The fourth-order valence-corrected chi connectivity index (χ4v) is 1.25. The van der Waals surface area contributed by atoms with Crippen LogP contribution in [0.2, 0.25) is 0 Å². The average Bonchev–Trinajstić information content (AvgIpc) is 2.29. The van der Waals surface area contributed by atoms with Crippen LogP contribution in [0.5, 0.6) is 5.75 Å². The zero-order chi connectivity index (χ0) is 12.8. The Labute approximate surface area is 97.8 Å². The largest absolute Gasteiger partial charge is 0.507 e. The molecule has 1 unspecified atom stereocenters. The van der Waals surface area contributed by atoms with Crippen LogP contribution in [-0.2, 0) is 4.74 Å². The van der Waals surface area contributed by atoms with Crippen molar-refractivity contribution in [3.63, 3.8) is 0 Å². The lowest BCUT2D eigenvalue weighted by atomic mass is 10.2. The third-order valence-electron chi connectivity index (χ3n) is 2.06. The van der Waals surface area contributed by atoms with Gasteiger partial charge in [-0.3, -0.25) is 4.79 Å². The topological polar surface area (TPSA) is 78.8 Å². The van der Waals surface area contributed by atoms with Gasteiger partial charge in [-0.15, -0.1) is 0 Å². The number of phenolic OH excluding ortho intramolecular Hbond substituents is 1. The number of aliphatic hydroxyl groups is 1. The molecule has 1 rings (SSSR count). The van der Waals surface area contributed by atoms with Crippen molar-refractivity contribution in [2.75, 3.05) is 20.3 Å². The third kappa shape index (κ3) is 4.01. The molecule has 94 valence electrons. The van der Waals surface area contributed by atoms with Crippen molar-refractivity contribution >= 4 is 5.91 Å². The molecule has 17 heavy (non-hydrogen) atoms. The molecule has 0 aliphatic heterocycles. The maximum Gasteiger partial charge on any atom is 0.255 e. The quantitative estimate of drug-likeness (QED) is 0.693. The molecule has 0 spiro atoms. The van der Waals surface area contributed by atoms with Crippen molar-refractivity contribution in [1.29, 1.82) is 0 Å². The van der Waals surface area contributed by atoms with Crippen LogP contribution in [0, 0.1) is 5.82 Å². The molecule has 0 aliphatic carbocycles. The second kappa shape index (κ2) is 6.17. The summed E-state index contributed by atoms with van der Waals surface area (Å²) in [5.74, 6) is -1.59. The molecule has 0 radical (unpaired) electrons. The molecule has 1 aromatic rings. The van der Waals surface area contributed by atoms with Gasteiger partial charge in [-0.2, -0.15) is 0 Å². The normalized spacial score (nSPS) is 12.2. The van der Waals surface area contributed by atoms with E-state index >= 15 is 0 Å². The maximum absolute atomic E-state index is 12.9. The van der Waals surface area contributed by atoms with Crippen molar-refractivity contribution in [2.45, 2.75) is 6.10 Å². The maximum atomic E-state index is 12.9. The van der Waals surface area contributed by atoms with Crippen LogP contribution in [-0.4, -0.2) is 42.5 Å². The Morgan fingerprint density at radius 1 is 1.59 bits per heavy atom. The molecule has 0 fully saturated rings. The lowest BCUT2D eigenvalue weighted by molar-refractivity contribution is 0.0609. The van der Waals surface area contributed by atoms with E-state index in [4.69, 9.17) is 0 Å². The van der Waals surface area contributed by atoms with Gasteiger partial charge in [0.25, 0.3) is 5.91 Å². The van der Waals surface area contributed by atoms with Crippen molar-refractivity contribution in [1.82, 2.24) is 5.32 Å². The number of rotatable bonds is 5. The Morgan fingerprint density at radius 3 is 2.94 bits per heavy atom. The van der Waals surface area contributed by atoms with Crippen LogP contribution < -0.4 is 5.32 Å². The predicted octanol–water partition coefficient (Wildman–Crippen LogP) is 0.268. The van der Waals surface area contributed by atoms with E-state index in [0.29, 0.717) is 0 Å². The number of nitrogens with one attached hydrogen (secondary N) is 1. The Hall–Kier alpha value is -1.66. The molecule has 5 nitrogen and oxygen atoms in total. The lowest BCUT2D eigenvalue weighted by Gasteiger charge is -2.11. The van der Waals surface area contributed by atoms with E-state index in [2.05, 4.69) is 10.1 Å². The molecule has 1 amide bonds. The summed E-state index contributed by atoms with van der Waals surface area (Å²) in [5, 5.41) is 21.0. The minimum absolute atomic E-state index is 0.0391. The van der Waals surface area contributed by atoms with Crippen molar-refractivity contribution in [3.8, 4) is 5.75 Å². The molecule has 6 heteroatoms. The fraction of sp³-hybridized carbons (Fsp3) is 0.364. The van der Waals surface area contributed by atoms with E-state index in [1.165, 1.54) is 7.11 Å². The SMILES string of the molecule is COCC(O)CNC(=O)c1cc(F)ccc1O. The Bertz CT molecular complexity index is 397. The average molecular weight is 243 g/mol. The highest BCUT2D eigenvalue weighted by Gasteiger charge is 2.13. The minimum Gasteiger partial charge on any atom is -0.507 e. The van der Waals surface area contributed by atoms with E-state index in [1.54, 1.807) is 0 Å². The molecule has 0 aromatic heterocycles. The van der Waals surface area contributed by atoms with Gasteiger partial charge in [0.2, 0.25) is 0 Å². The summed E-state index contributed by atoms with van der Waals surface area (Å²) in [6.07, 6.45) is -0.848. The summed E-state index contributed by atoms with van der Waals surface area (Å²) >= 11 is 0. The first kappa shape index (κ1) is 13.4. The van der Waals surface area contributed by atoms with Crippen molar-refractivity contribution in [3.05, 3.63) is 29.6 Å². The second-order valence-corrected chi connectivity index (χ2v) is 3.48. The van der Waals surface area contributed by atoms with Gasteiger partial charge in [0.05, 0.1) is 18.3 Å². The Morgan fingerprint density at radius 2 is 2.29 bits per heavy atom. The molecule has 0 aliphatic rings. The summed E-state index contributed by atoms with van der Waals surface area (Å²) in [7, 11) is 1.42. The standard InChI is InChI=1S/C11H14FNO4/c1-17-6-8(14)5-13-11(16)9-4-7(12)2-3-10(9)15/h2-4,8,14-15H,5-6H2,1H3,(H,13,16). The number of hydrogen-bond donors (Lipinski definition) is 3. The number of carbonyl (C=O) groups is 1. The van der Waals surface area contributed by atoms with Crippen molar-refractivity contribution < 1.29 is 24.1 Å². The summed E-state index contributed by atoms with van der Waals surface area (Å²) in [5.41, 5.74) is -0.172. The summed E-state index contributed by atoms with van der Waals surface area (Å²) in [6.45, 7) is 0.0397. The number of phenols is 1. The molecule has 0 saturated carbocycles. The number of aliphatic hydroxyl groups excluding tert-OH is 1. The number of benzene rings is 1. The van der Waals surface area contributed by atoms with Gasteiger partial charge in [0.15, 0.2) is 0 Å². The van der Waals surface area contributed by atoms with E-state index in [9.17, 15) is 19.4 Å². The summed E-state index contributed by atoms with van der Waals surface area (Å²) < 4.78 is 17.5. The molecule has 0 bridgehead atoms. The highest BCUT2D eigenvalue weighted by atomic mass is 19.1. The number of ether oxygens (including phenoxy) is 1. The van der Waals surface area contributed by atoms with Crippen molar-refractivity contribution in [2.24, 2.45) is 0 Å². The van der Waals surface area contributed by atoms with E-state index in [1.807, 2.05) is 0 Å². The van der Waals surface area contributed by atoms with Gasteiger partial charge in [-0.05, 0) is 18.2 Å². The molecule has 1 atom stereocenters. The number of halogens is 1. The first-order chi connectivity index (χ1) is 8.04. The van der Waals surface area contributed by atoms with E-state index in [0.717, 1.165) is 18.2 Å². The molecule has 1 aromatic carbocycles. The number of carbonyl (C=O) groups excluding carboxylic acids is 1. The Kier molecular flexibility index (Phi) is 4.86. The summed E-state index contributed by atoms with van der Waals surface area (Å²) in [6, 6.07) is 3.06. The zero-order valence-corrected chi connectivity index (χ0v) is 9.31. The second-order valence-electron chi connectivity index (χ2n) is 3.48. The third-order valence-corrected chi connectivity index (χ3v) is 2.06. The van der Waals surface area contributed by atoms with Crippen LogP contribution in [0.4, 0.5) is 4.39 Å². The first-order valence-electron chi connectivity index (χ1n) is 4.98. The molecule has 0 saturated heterocycles. The van der Waals surface area contributed by atoms with Gasteiger partial charge >= 0.3 is 0 Å². The van der Waals surface area contributed by atoms with Crippen LogP contribution in [0.3, 0.4) is 0 Å². The lowest BCUT2D eigenvalue weighted by Crippen LogP contribution is -2.34. The molecular weight excluding hydrogens is 229 g/mol. The fourth-order valence-electron chi connectivity index (χ4n) is 1.25. The van der Waals surface area contributed by atoms with Gasteiger partial charge in [-0.1, -0.05) is 0 Å². The monoisotopic (exact) mass is 243 g/mol. The molecule has 3 N–H and O–H groups in total. The number of methoxy groups -OCH3 is 1. The predicted molar refractivity (Wildman–Crippen MR) is 58.3 cm³/mol. The van der Waals surface area contributed by atoms with Gasteiger partial charge in [-0.25, -0.2) is 4.39 Å². The first-order valence-corrected chi connectivity index (χ1v) is 4.98. The van der Waals surface area contributed by atoms with Crippen LogP contribution >= 0.6 is 0 Å². The van der Waals surface area contributed by atoms with Crippen LogP contribution in [0.1, 0.15) is 10.4 Å². The highest BCUT2D eigenvalue weighted by Crippen LogP contribution is 2.17. The Balaban J connectivity index is 2.61. The van der Waals surface area contributed by atoms with E-state index < -0.39 is 17.8 Å².